The van der Waals surface area contributed by atoms with Gasteiger partial charge >= 0.3 is 6.18 Å². The number of likely N-dealkylation sites (N-methyl/N-ethyl adjacent to an activating group) is 1. The van der Waals surface area contributed by atoms with E-state index in [9.17, 15) is 22.8 Å². The molecule has 2 aromatic rings. The number of likely N-dealkylation sites (tertiary alicyclic amines) is 1. The second-order valence-corrected chi connectivity index (χ2v) is 8.34. The van der Waals surface area contributed by atoms with E-state index in [1.165, 1.54) is 0 Å². The minimum Gasteiger partial charge on any atom is -0.366 e. The van der Waals surface area contributed by atoms with Crippen LogP contribution < -0.4 is 11.1 Å². The first kappa shape index (κ1) is 24.0. The number of nitrogens with two attached hydrogens (primary N) is 1. The SMILES string of the molecule is Cc1cc(-c2cc(C(F)(F)F)ccc2C(N)=O)cc([C@H]2CC[C@@]3(CCN(C)C3=O)N2)n1.Cl. The molecule has 2 atom stereocenters. The number of carbonyl (C=O) groups is 2. The molecule has 1 aromatic carbocycles. The average Bonchev–Trinajstić information content (AvgIpc) is 3.26. The summed E-state index contributed by atoms with van der Waals surface area (Å²) in [6.45, 7) is 2.42. The third-order valence-electron chi connectivity index (χ3n) is 6.19. The molecular formula is C22H24ClF3N4O2. The Morgan fingerprint density at radius 1 is 1.25 bits per heavy atom. The van der Waals surface area contributed by atoms with Crippen LogP contribution in [-0.4, -0.2) is 40.8 Å². The maximum atomic E-state index is 13.3. The standard InChI is InChI=1S/C22H23F3N4O2.ClH/c1-12-9-13(16-11-14(22(23,24)25)3-4-15(16)19(26)30)10-18(27-12)17-5-6-21(28-17)7-8-29(2)20(21)31;/h3-4,9-11,17,28H,5-8H2,1-2H3,(H2,26,30);1H/t17-,21+;/m1./s1. The highest BCUT2D eigenvalue weighted by Gasteiger charge is 2.50. The van der Waals surface area contributed by atoms with E-state index in [0.717, 1.165) is 18.2 Å². The van der Waals surface area contributed by atoms with Crippen LogP contribution in [0.15, 0.2) is 30.3 Å². The maximum absolute atomic E-state index is 13.3. The van der Waals surface area contributed by atoms with E-state index in [0.29, 0.717) is 42.8 Å². The number of aryl methyl sites for hydroxylation is 1. The number of rotatable bonds is 3. The van der Waals surface area contributed by atoms with Crippen LogP contribution in [0.5, 0.6) is 0 Å². The van der Waals surface area contributed by atoms with Gasteiger partial charge in [0.15, 0.2) is 0 Å². The molecule has 10 heteroatoms. The molecule has 0 saturated carbocycles. The Morgan fingerprint density at radius 2 is 1.97 bits per heavy atom. The highest BCUT2D eigenvalue weighted by Crippen LogP contribution is 2.40. The van der Waals surface area contributed by atoms with Gasteiger partial charge in [-0.3, -0.25) is 19.9 Å². The molecule has 3 heterocycles. The normalized spacial score (nSPS) is 23.0. The van der Waals surface area contributed by atoms with Crippen LogP contribution in [0.4, 0.5) is 13.2 Å². The van der Waals surface area contributed by atoms with Crippen LogP contribution in [0, 0.1) is 6.92 Å². The van der Waals surface area contributed by atoms with Crippen molar-refractivity contribution >= 4 is 24.2 Å². The van der Waals surface area contributed by atoms with Gasteiger partial charge in [0.05, 0.1) is 17.3 Å². The van der Waals surface area contributed by atoms with E-state index in [1.807, 2.05) is 0 Å². The molecule has 0 unspecified atom stereocenters. The number of halogens is 4. The van der Waals surface area contributed by atoms with Crippen LogP contribution in [-0.2, 0) is 11.0 Å². The number of pyridine rings is 1. The largest absolute Gasteiger partial charge is 0.416 e. The maximum Gasteiger partial charge on any atom is 0.416 e. The number of benzene rings is 1. The number of carbonyl (C=O) groups excluding carboxylic acids is 2. The monoisotopic (exact) mass is 468 g/mol. The molecule has 4 rings (SSSR count). The molecular weight excluding hydrogens is 445 g/mol. The van der Waals surface area contributed by atoms with Crippen molar-refractivity contribution in [2.75, 3.05) is 13.6 Å². The fraction of sp³-hybridized carbons (Fsp3) is 0.409. The van der Waals surface area contributed by atoms with Crippen LogP contribution in [0.1, 0.15) is 52.6 Å². The molecule has 2 fully saturated rings. The smallest absolute Gasteiger partial charge is 0.366 e. The first-order chi connectivity index (χ1) is 14.5. The van der Waals surface area contributed by atoms with E-state index in [-0.39, 0.29) is 35.5 Å². The van der Waals surface area contributed by atoms with Crippen LogP contribution in [0.25, 0.3) is 11.1 Å². The second kappa shape index (κ2) is 8.37. The predicted octanol–water partition coefficient (Wildman–Crippen LogP) is 3.62. The third kappa shape index (κ3) is 4.19. The van der Waals surface area contributed by atoms with Gasteiger partial charge in [-0.25, -0.2) is 0 Å². The summed E-state index contributed by atoms with van der Waals surface area (Å²) in [6.07, 6.45) is -2.50. The van der Waals surface area contributed by atoms with Gasteiger partial charge in [0.25, 0.3) is 0 Å². The molecule has 2 aliphatic heterocycles. The quantitative estimate of drug-likeness (QED) is 0.720. The highest BCUT2D eigenvalue weighted by atomic mass is 35.5. The van der Waals surface area contributed by atoms with Crippen molar-refractivity contribution in [3.63, 3.8) is 0 Å². The third-order valence-corrected chi connectivity index (χ3v) is 6.19. The second-order valence-electron chi connectivity index (χ2n) is 8.34. The summed E-state index contributed by atoms with van der Waals surface area (Å²) in [5, 5.41) is 3.42. The Balaban J connectivity index is 0.00000289. The van der Waals surface area contributed by atoms with Crippen molar-refractivity contribution in [1.29, 1.82) is 0 Å². The summed E-state index contributed by atoms with van der Waals surface area (Å²) in [6, 6.07) is 5.99. The Morgan fingerprint density at radius 3 is 2.56 bits per heavy atom. The lowest BCUT2D eigenvalue weighted by Gasteiger charge is -2.23. The molecule has 1 spiro atoms. The van der Waals surface area contributed by atoms with E-state index >= 15 is 0 Å². The summed E-state index contributed by atoms with van der Waals surface area (Å²) < 4.78 is 39.9. The number of hydrogen-bond donors (Lipinski definition) is 2. The Bertz CT molecular complexity index is 1080. The summed E-state index contributed by atoms with van der Waals surface area (Å²) in [5.41, 5.74) is 5.72. The van der Waals surface area contributed by atoms with E-state index in [1.54, 1.807) is 31.0 Å². The van der Waals surface area contributed by atoms with Gasteiger partial charge in [0, 0.05) is 24.8 Å². The molecule has 2 amide bonds. The number of primary amides is 1. The van der Waals surface area contributed by atoms with Crippen molar-refractivity contribution in [3.8, 4) is 11.1 Å². The first-order valence-corrected chi connectivity index (χ1v) is 10.0. The van der Waals surface area contributed by atoms with Crippen molar-refractivity contribution in [1.82, 2.24) is 15.2 Å². The predicted molar refractivity (Wildman–Crippen MR) is 115 cm³/mol. The number of nitrogens with one attached hydrogen (secondary N) is 1. The lowest BCUT2D eigenvalue weighted by atomic mass is 9.95. The topological polar surface area (TPSA) is 88.3 Å². The Labute approximate surface area is 189 Å². The molecule has 2 aliphatic rings. The molecule has 6 nitrogen and oxygen atoms in total. The zero-order valence-corrected chi connectivity index (χ0v) is 18.4. The fourth-order valence-electron chi connectivity index (χ4n) is 4.59. The summed E-state index contributed by atoms with van der Waals surface area (Å²) >= 11 is 0. The van der Waals surface area contributed by atoms with Gasteiger partial charge in [-0.15, -0.1) is 12.4 Å². The van der Waals surface area contributed by atoms with Crippen LogP contribution >= 0.6 is 12.4 Å². The summed E-state index contributed by atoms with van der Waals surface area (Å²) in [7, 11) is 1.77. The van der Waals surface area contributed by atoms with Gasteiger partial charge in [-0.1, -0.05) is 0 Å². The minimum atomic E-state index is -4.55. The van der Waals surface area contributed by atoms with E-state index < -0.39 is 23.2 Å². The lowest BCUT2D eigenvalue weighted by molar-refractivity contribution is -0.137. The van der Waals surface area contributed by atoms with Gasteiger partial charge in [0.2, 0.25) is 11.8 Å². The molecule has 32 heavy (non-hydrogen) atoms. The number of aromatic nitrogens is 1. The van der Waals surface area contributed by atoms with Gasteiger partial charge in [-0.2, -0.15) is 13.2 Å². The van der Waals surface area contributed by atoms with Crippen molar-refractivity contribution in [2.45, 2.75) is 43.9 Å². The van der Waals surface area contributed by atoms with Crippen LogP contribution in [0.2, 0.25) is 0 Å². The van der Waals surface area contributed by atoms with Crippen molar-refractivity contribution < 1.29 is 22.8 Å². The lowest BCUT2D eigenvalue weighted by Crippen LogP contribution is -2.47. The van der Waals surface area contributed by atoms with E-state index in [4.69, 9.17) is 5.73 Å². The molecule has 0 bridgehead atoms. The number of hydrogen-bond acceptors (Lipinski definition) is 4. The Hall–Kier alpha value is -2.65. The van der Waals surface area contributed by atoms with Crippen molar-refractivity contribution in [3.05, 3.63) is 52.8 Å². The van der Waals surface area contributed by atoms with Crippen LogP contribution in [0.3, 0.4) is 0 Å². The zero-order chi connectivity index (χ0) is 22.6. The van der Waals surface area contributed by atoms with E-state index in [2.05, 4.69) is 10.3 Å². The number of amides is 2. The summed E-state index contributed by atoms with van der Waals surface area (Å²) in [4.78, 5) is 30.7. The first-order valence-electron chi connectivity index (χ1n) is 10.0. The molecule has 2 saturated heterocycles. The molecule has 3 N–H and O–H groups in total. The van der Waals surface area contributed by atoms with Gasteiger partial charge < -0.3 is 10.6 Å². The highest BCUT2D eigenvalue weighted by molar-refractivity contribution is 6.00. The molecule has 1 aromatic heterocycles. The van der Waals surface area contributed by atoms with Crippen molar-refractivity contribution in [2.24, 2.45) is 5.73 Å². The summed E-state index contributed by atoms with van der Waals surface area (Å²) in [5.74, 6) is -0.756. The minimum absolute atomic E-state index is 0. The van der Waals surface area contributed by atoms with Gasteiger partial charge in [-0.05, 0) is 67.6 Å². The number of alkyl halides is 3. The van der Waals surface area contributed by atoms with Gasteiger partial charge in [0.1, 0.15) is 5.54 Å². The molecule has 0 radical (unpaired) electrons. The fourth-order valence-corrected chi connectivity index (χ4v) is 4.59. The zero-order valence-electron chi connectivity index (χ0n) is 17.6. The average molecular weight is 469 g/mol. The molecule has 172 valence electrons. The molecule has 0 aliphatic carbocycles. The Kier molecular flexibility index (Phi) is 6.27. The number of nitrogens with zero attached hydrogens (tertiary/aromatic N) is 2.